The molecule has 80 valence electrons. The van der Waals surface area contributed by atoms with E-state index in [1.807, 2.05) is 10.9 Å². The number of rotatable bonds is 5. The molecular weight excluding hydrogens is 194 g/mol. The molecule has 2 N–H and O–H groups in total. The van der Waals surface area contributed by atoms with Crippen LogP contribution in [0.5, 0.6) is 0 Å². The van der Waals surface area contributed by atoms with Crippen molar-refractivity contribution < 1.29 is 0 Å². The molecule has 1 rings (SSSR count). The van der Waals surface area contributed by atoms with Gasteiger partial charge < -0.3 is 5.73 Å². The lowest BCUT2D eigenvalue weighted by atomic mass is 10.1. The van der Waals surface area contributed by atoms with E-state index in [9.17, 15) is 0 Å². The van der Waals surface area contributed by atoms with Crippen LogP contribution >= 0.6 is 11.8 Å². The summed E-state index contributed by atoms with van der Waals surface area (Å²) in [4.78, 5) is 1.11. The number of aromatic nitrogens is 2. The van der Waals surface area contributed by atoms with Gasteiger partial charge in [-0.15, -0.1) is 11.8 Å². The van der Waals surface area contributed by atoms with Crippen LogP contribution in [-0.2, 0) is 6.54 Å². The van der Waals surface area contributed by atoms with Gasteiger partial charge in [-0.25, -0.2) is 4.68 Å². The number of thioether (sulfide) groups is 1. The second-order valence-electron chi connectivity index (χ2n) is 3.73. The first kappa shape index (κ1) is 11.4. The first-order valence-electron chi connectivity index (χ1n) is 5.09. The molecule has 0 spiro atoms. The minimum Gasteiger partial charge on any atom is -0.383 e. The Kier molecular flexibility index (Phi) is 4.32. The largest absolute Gasteiger partial charge is 0.383 e. The van der Waals surface area contributed by atoms with Crippen molar-refractivity contribution in [1.82, 2.24) is 9.78 Å². The van der Waals surface area contributed by atoms with E-state index in [2.05, 4.69) is 25.9 Å². The molecule has 1 heterocycles. The van der Waals surface area contributed by atoms with Gasteiger partial charge in [0.25, 0.3) is 0 Å². The van der Waals surface area contributed by atoms with Crippen LogP contribution in [0, 0.1) is 5.92 Å². The van der Waals surface area contributed by atoms with Gasteiger partial charge in [0.15, 0.2) is 0 Å². The third-order valence-electron chi connectivity index (χ3n) is 2.06. The molecule has 4 heteroatoms. The maximum atomic E-state index is 5.96. The zero-order valence-corrected chi connectivity index (χ0v) is 9.97. The van der Waals surface area contributed by atoms with E-state index in [0.717, 1.165) is 29.4 Å². The molecule has 0 aliphatic carbocycles. The Balaban J connectivity index is 2.60. The van der Waals surface area contributed by atoms with E-state index >= 15 is 0 Å². The Bertz CT molecular complexity index is 281. The summed E-state index contributed by atoms with van der Waals surface area (Å²) in [6.07, 6.45) is 2.99. The van der Waals surface area contributed by atoms with Gasteiger partial charge >= 0.3 is 0 Å². The van der Waals surface area contributed by atoms with E-state index in [0.29, 0.717) is 5.92 Å². The van der Waals surface area contributed by atoms with Crippen molar-refractivity contribution in [2.45, 2.75) is 38.6 Å². The van der Waals surface area contributed by atoms with Gasteiger partial charge in [0.1, 0.15) is 5.82 Å². The highest BCUT2D eigenvalue weighted by Crippen LogP contribution is 2.24. The fourth-order valence-corrected chi connectivity index (χ4v) is 1.89. The van der Waals surface area contributed by atoms with Crippen molar-refractivity contribution in [3.8, 4) is 0 Å². The van der Waals surface area contributed by atoms with Crippen LogP contribution in [0.4, 0.5) is 5.82 Å². The first-order chi connectivity index (χ1) is 6.65. The molecule has 0 unspecified atom stereocenters. The molecule has 14 heavy (non-hydrogen) atoms. The summed E-state index contributed by atoms with van der Waals surface area (Å²) in [6, 6.07) is 0. The standard InChI is InChI=1S/C10H19N3S/c1-4-14-9-7-12-13(10(9)11)6-5-8(2)3/h7-8H,4-6,11H2,1-3H3. The zero-order chi connectivity index (χ0) is 10.6. The molecule has 0 bridgehead atoms. The van der Waals surface area contributed by atoms with Gasteiger partial charge in [0.2, 0.25) is 0 Å². The molecule has 0 atom stereocenters. The average molecular weight is 213 g/mol. The van der Waals surface area contributed by atoms with Crippen LogP contribution in [0.2, 0.25) is 0 Å². The Labute approximate surface area is 90.1 Å². The fraction of sp³-hybridized carbons (Fsp3) is 0.700. The van der Waals surface area contributed by atoms with E-state index in [4.69, 9.17) is 5.73 Å². The van der Waals surface area contributed by atoms with Gasteiger partial charge in [-0.2, -0.15) is 5.10 Å². The lowest BCUT2D eigenvalue weighted by Crippen LogP contribution is -2.06. The second-order valence-corrected chi connectivity index (χ2v) is 5.04. The smallest absolute Gasteiger partial charge is 0.135 e. The molecule has 0 fully saturated rings. The van der Waals surface area contributed by atoms with Crippen molar-refractivity contribution in [2.24, 2.45) is 5.92 Å². The summed E-state index contributed by atoms with van der Waals surface area (Å²) in [5, 5.41) is 4.28. The number of nitrogen functional groups attached to an aromatic ring is 1. The summed E-state index contributed by atoms with van der Waals surface area (Å²) < 4.78 is 1.90. The Morgan fingerprint density at radius 2 is 2.29 bits per heavy atom. The lowest BCUT2D eigenvalue weighted by molar-refractivity contribution is 0.491. The number of hydrogen-bond acceptors (Lipinski definition) is 3. The highest BCUT2D eigenvalue weighted by molar-refractivity contribution is 7.99. The van der Waals surface area contributed by atoms with Gasteiger partial charge in [-0.1, -0.05) is 20.8 Å². The van der Waals surface area contributed by atoms with Crippen molar-refractivity contribution in [1.29, 1.82) is 0 Å². The molecule has 3 nitrogen and oxygen atoms in total. The third-order valence-corrected chi connectivity index (χ3v) is 2.98. The van der Waals surface area contributed by atoms with Crippen molar-refractivity contribution in [2.75, 3.05) is 11.5 Å². The molecule has 0 saturated heterocycles. The molecule has 0 saturated carbocycles. The van der Waals surface area contributed by atoms with Crippen LogP contribution in [0.25, 0.3) is 0 Å². The number of anilines is 1. The molecule has 0 amide bonds. The molecule has 1 aromatic heterocycles. The number of aryl methyl sites for hydroxylation is 1. The monoisotopic (exact) mass is 213 g/mol. The summed E-state index contributed by atoms with van der Waals surface area (Å²) in [6.45, 7) is 7.46. The summed E-state index contributed by atoms with van der Waals surface area (Å²) in [5.41, 5.74) is 5.96. The van der Waals surface area contributed by atoms with Crippen LogP contribution < -0.4 is 5.73 Å². The van der Waals surface area contributed by atoms with Crippen LogP contribution in [-0.4, -0.2) is 15.5 Å². The zero-order valence-electron chi connectivity index (χ0n) is 9.16. The van der Waals surface area contributed by atoms with Gasteiger partial charge in [0, 0.05) is 6.54 Å². The average Bonchev–Trinajstić information content (AvgIpc) is 2.46. The molecule has 0 aliphatic rings. The third kappa shape index (κ3) is 2.94. The minimum atomic E-state index is 0.695. The predicted molar refractivity (Wildman–Crippen MR) is 62.5 cm³/mol. The highest BCUT2D eigenvalue weighted by atomic mass is 32.2. The van der Waals surface area contributed by atoms with E-state index in [1.165, 1.54) is 0 Å². The Morgan fingerprint density at radius 1 is 1.57 bits per heavy atom. The van der Waals surface area contributed by atoms with Crippen molar-refractivity contribution in [3.05, 3.63) is 6.20 Å². The summed E-state index contributed by atoms with van der Waals surface area (Å²) in [5.74, 6) is 2.55. The van der Waals surface area contributed by atoms with Crippen molar-refractivity contribution >= 4 is 17.6 Å². The maximum Gasteiger partial charge on any atom is 0.135 e. The highest BCUT2D eigenvalue weighted by Gasteiger charge is 2.06. The molecular formula is C10H19N3S. The SMILES string of the molecule is CCSc1cnn(CCC(C)C)c1N. The number of nitrogens with two attached hydrogens (primary N) is 1. The molecule has 0 aromatic carbocycles. The second kappa shape index (κ2) is 5.29. The molecule has 1 aromatic rings. The summed E-state index contributed by atoms with van der Waals surface area (Å²) >= 11 is 1.75. The van der Waals surface area contributed by atoms with Crippen LogP contribution in [0.15, 0.2) is 11.1 Å². The predicted octanol–water partition coefficient (Wildman–Crippen LogP) is 2.62. The Morgan fingerprint density at radius 3 is 2.86 bits per heavy atom. The summed E-state index contributed by atoms with van der Waals surface area (Å²) in [7, 11) is 0. The fourth-order valence-electron chi connectivity index (χ4n) is 1.20. The van der Waals surface area contributed by atoms with Gasteiger partial charge in [0.05, 0.1) is 11.1 Å². The van der Waals surface area contributed by atoms with Crippen LogP contribution in [0.1, 0.15) is 27.2 Å². The number of nitrogens with zero attached hydrogens (tertiary/aromatic N) is 2. The Hall–Kier alpha value is -0.640. The lowest BCUT2D eigenvalue weighted by Gasteiger charge is -2.06. The van der Waals surface area contributed by atoms with E-state index in [1.54, 1.807) is 11.8 Å². The topological polar surface area (TPSA) is 43.8 Å². The van der Waals surface area contributed by atoms with E-state index < -0.39 is 0 Å². The molecule has 0 radical (unpaired) electrons. The molecule has 0 aliphatic heterocycles. The quantitative estimate of drug-likeness (QED) is 0.765. The first-order valence-corrected chi connectivity index (χ1v) is 6.07. The van der Waals surface area contributed by atoms with Gasteiger partial charge in [-0.05, 0) is 18.1 Å². The minimum absolute atomic E-state index is 0.695. The van der Waals surface area contributed by atoms with Gasteiger partial charge in [-0.3, -0.25) is 0 Å². The normalized spacial score (nSPS) is 11.1. The number of hydrogen-bond donors (Lipinski definition) is 1. The maximum absolute atomic E-state index is 5.96. The van der Waals surface area contributed by atoms with Crippen LogP contribution in [0.3, 0.4) is 0 Å². The van der Waals surface area contributed by atoms with E-state index in [-0.39, 0.29) is 0 Å². The van der Waals surface area contributed by atoms with Crippen molar-refractivity contribution in [3.63, 3.8) is 0 Å².